The number of halogens is 1. The van der Waals surface area contributed by atoms with Crippen molar-refractivity contribution in [2.45, 2.75) is 13.8 Å². The Balaban J connectivity index is 1.93. The zero-order valence-corrected chi connectivity index (χ0v) is 13.7. The lowest BCUT2D eigenvalue weighted by Gasteiger charge is -2.06. The van der Waals surface area contributed by atoms with E-state index in [1.807, 2.05) is 25.1 Å². The molecule has 2 aromatic carbocycles. The van der Waals surface area contributed by atoms with Crippen molar-refractivity contribution >= 4 is 39.9 Å². The Morgan fingerprint density at radius 1 is 1.21 bits per heavy atom. The maximum absolute atomic E-state index is 12.5. The first-order valence-electron chi connectivity index (χ1n) is 7.12. The number of carbonyl (C=O) groups excluding carboxylic acids is 1. The van der Waals surface area contributed by atoms with Crippen molar-refractivity contribution in [3.63, 3.8) is 0 Å². The maximum Gasteiger partial charge on any atom is 0.291 e. The lowest BCUT2D eigenvalue weighted by Crippen LogP contribution is -2.12. The van der Waals surface area contributed by atoms with Gasteiger partial charge in [0.05, 0.1) is 15.6 Å². The van der Waals surface area contributed by atoms with Gasteiger partial charge in [-0.3, -0.25) is 14.9 Å². The number of fused-ring (bicyclic) bond motifs is 1. The average molecular weight is 345 g/mol. The number of nitrogens with one attached hydrogen (secondary N) is 1. The molecule has 1 heterocycles. The van der Waals surface area contributed by atoms with Gasteiger partial charge in [-0.1, -0.05) is 23.2 Å². The van der Waals surface area contributed by atoms with Crippen LogP contribution in [0.2, 0.25) is 5.02 Å². The highest BCUT2D eigenvalue weighted by atomic mass is 35.5. The summed E-state index contributed by atoms with van der Waals surface area (Å²) < 4.78 is 5.63. The van der Waals surface area contributed by atoms with Gasteiger partial charge in [-0.05, 0) is 32.0 Å². The number of aryl methyl sites for hydroxylation is 2. The fourth-order valence-electron chi connectivity index (χ4n) is 2.45. The van der Waals surface area contributed by atoms with E-state index in [0.29, 0.717) is 5.58 Å². The van der Waals surface area contributed by atoms with Gasteiger partial charge in [-0.15, -0.1) is 0 Å². The van der Waals surface area contributed by atoms with Crippen molar-refractivity contribution < 1.29 is 14.1 Å². The fraction of sp³-hybridized carbons (Fsp3) is 0.118. The monoisotopic (exact) mass is 344 g/mol. The molecule has 0 radical (unpaired) electrons. The van der Waals surface area contributed by atoms with Crippen LogP contribution in [0.15, 0.2) is 40.8 Å². The van der Waals surface area contributed by atoms with Crippen LogP contribution >= 0.6 is 11.6 Å². The van der Waals surface area contributed by atoms with Crippen LogP contribution in [0.4, 0.5) is 11.4 Å². The first-order valence-corrected chi connectivity index (χ1v) is 7.49. The van der Waals surface area contributed by atoms with Crippen LogP contribution in [-0.2, 0) is 0 Å². The van der Waals surface area contributed by atoms with Crippen LogP contribution in [0, 0.1) is 24.0 Å². The number of non-ortho nitro benzene ring substituents is 1. The highest BCUT2D eigenvalue weighted by molar-refractivity contribution is 6.34. The second-order valence-corrected chi connectivity index (χ2v) is 5.84. The van der Waals surface area contributed by atoms with Crippen LogP contribution in [0.1, 0.15) is 21.7 Å². The van der Waals surface area contributed by atoms with Gasteiger partial charge in [0.2, 0.25) is 0 Å². The molecule has 0 saturated heterocycles. The molecule has 24 heavy (non-hydrogen) atoms. The minimum Gasteiger partial charge on any atom is -0.451 e. The Kier molecular flexibility index (Phi) is 3.99. The fourth-order valence-corrected chi connectivity index (χ4v) is 2.67. The summed E-state index contributed by atoms with van der Waals surface area (Å²) in [5.74, 6) is -0.276. The smallest absolute Gasteiger partial charge is 0.291 e. The maximum atomic E-state index is 12.5. The Bertz CT molecular complexity index is 978. The van der Waals surface area contributed by atoms with Crippen LogP contribution in [0.25, 0.3) is 11.0 Å². The molecule has 0 aliphatic carbocycles. The van der Waals surface area contributed by atoms with Crippen molar-refractivity contribution in [2.24, 2.45) is 0 Å². The third kappa shape index (κ3) is 2.83. The molecule has 3 aromatic rings. The zero-order chi connectivity index (χ0) is 17.4. The van der Waals surface area contributed by atoms with Crippen molar-refractivity contribution in [1.82, 2.24) is 0 Å². The number of amides is 1. The van der Waals surface area contributed by atoms with Gasteiger partial charge in [-0.2, -0.15) is 0 Å². The molecule has 0 spiro atoms. The topological polar surface area (TPSA) is 85.4 Å². The van der Waals surface area contributed by atoms with E-state index in [9.17, 15) is 14.9 Å². The molecule has 1 amide bonds. The molecule has 0 aliphatic heterocycles. The first-order chi connectivity index (χ1) is 11.4. The summed E-state index contributed by atoms with van der Waals surface area (Å²) in [5, 5.41) is 14.3. The number of benzene rings is 2. The van der Waals surface area contributed by atoms with Gasteiger partial charge >= 0.3 is 0 Å². The Morgan fingerprint density at radius 3 is 2.62 bits per heavy atom. The van der Waals surface area contributed by atoms with Crippen molar-refractivity contribution in [3.05, 3.63) is 68.4 Å². The standard InChI is InChI=1S/C17H13ClN2O4/c1-9-3-6-15-12(7-9)10(2)16(24-15)17(21)19-14-5-4-11(20(22)23)8-13(14)18/h3-8H,1-2H3,(H,19,21). The molecule has 122 valence electrons. The largest absolute Gasteiger partial charge is 0.451 e. The Labute approximate surface area is 142 Å². The second-order valence-electron chi connectivity index (χ2n) is 5.43. The highest BCUT2D eigenvalue weighted by Gasteiger charge is 2.19. The van der Waals surface area contributed by atoms with Crippen molar-refractivity contribution in [3.8, 4) is 0 Å². The van der Waals surface area contributed by atoms with E-state index < -0.39 is 10.8 Å². The lowest BCUT2D eigenvalue weighted by molar-refractivity contribution is -0.384. The number of hydrogen-bond donors (Lipinski definition) is 1. The van der Waals surface area contributed by atoms with Crippen LogP contribution < -0.4 is 5.32 Å². The quantitative estimate of drug-likeness (QED) is 0.543. The lowest BCUT2D eigenvalue weighted by atomic mass is 10.1. The molecule has 0 fully saturated rings. The minimum absolute atomic E-state index is 0.0853. The third-order valence-corrected chi connectivity index (χ3v) is 4.02. The zero-order valence-electron chi connectivity index (χ0n) is 12.9. The number of furan rings is 1. The van der Waals surface area contributed by atoms with Gasteiger partial charge in [-0.25, -0.2) is 0 Å². The van der Waals surface area contributed by atoms with Crippen molar-refractivity contribution in [1.29, 1.82) is 0 Å². The number of hydrogen-bond acceptors (Lipinski definition) is 4. The molecular weight excluding hydrogens is 332 g/mol. The van der Waals surface area contributed by atoms with Crippen LogP contribution in [0.3, 0.4) is 0 Å². The number of anilines is 1. The van der Waals surface area contributed by atoms with Gasteiger partial charge in [0.15, 0.2) is 5.76 Å². The van der Waals surface area contributed by atoms with E-state index in [0.717, 1.165) is 16.5 Å². The molecule has 7 heteroatoms. The summed E-state index contributed by atoms with van der Waals surface area (Å²) in [7, 11) is 0. The summed E-state index contributed by atoms with van der Waals surface area (Å²) in [6, 6.07) is 9.51. The van der Waals surface area contributed by atoms with E-state index in [4.69, 9.17) is 16.0 Å². The molecule has 0 bridgehead atoms. The highest BCUT2D eigenvalue weighted by Crippen LogP contribution is 2.29. The summed E-state index contributed by atoms with van der Waals surface area (Å²) in [4.78, 5) is 22.6. The molecule has 0 aliphatic rings. The first kappa shape index (κ1) is 16.0. The van der Waals surface area contributed by atoms with Gasteiger partial charge in [0, 0.05) is 23.1 Å². The normalized spacial score (nSPS) is 10.8. The molecule has 1 aromatic heterocycles. The molecular formula is C17H13ClN2O4. The minimum atomic E-state index is -0.552. The number of nitro benzene ring substituents is 1. The van der Waals surface area contributed by atoms with Crippen LogP contribution in [0.5, 0.6) is 0 Å². The van der Waals surface area contributed by atoms with E-state index >= 15 is 0 Å². The molecule has 3 rings (SSSR count). The summed E-state index contributed by atoms with van der Waals surface area (Å²) in [6.45, 7) is 3.76. The number of carbonyl (C=O) groups is 1. The molecule has 1 N–H and O–H groups in total. The SMILES string of the molecule is Cc1ccc2oc(C(=O)Nc3ccc([N+](=O)[O-])cc3Cl)c(C)c2c1. The number of nitro groups is 1. The predicted octanol–water partition coefficient (Wildman–Crippen LogP) is 4.86. The molecule has 0 atom stereocenters. The average Bonchev–Trinajstić information content (AvgIpc) is 2.86. The molecule has 0 unspecified atom stereocenters. The second kappa shape index (κ2) is 5.98. The van der Waals surface area contributed by atoms with E-state index in [1.165, 1.54) is 18.2 Å². The van der Waals surface area contributed by atoms with Crippen LogP contribution in [-0.4, -0.2) is 10.8 Å². The molecule has 6 nitrogen and oxygen atoms in total. The number of nitrogens with zero attached hydrogens (tertiary/aromatic N) is 1. The van der Waals surface area contributed by atoms with E-state index in [-0.39, 0.29) is 22.2 Å². The molecule has 0 saturated carbocycles. The third-order valence-electron chi connectivity index (χ3n) is 3.71. The predicted molar refractivity (Wildman–Crippen MR) is 91.7 cm³/mol. The summed E-state index contributed by atoms with van der Waals surface area (Å²) in [6.07, 6.45) is 0. The Hall–Kier alpha value is -2.86. The van der Waals surface area contributed by atoms with Crippen molar-refractivity contribution in [2.75, 3.05) is 5.32 Å². The van der Waals surface area contributed by atoms with E-state index in [1.54, 1.807) is 6.92 Å². The Morgan fingerprint density at radius 2 is 1.96 bits per heavy atom. The number of rotatable bonds is 3. The van der Waals surface area contributed by atoms with Gasteiger partial charge in [0.25, 0.3) is 11.6 Å². The summed E-state index contributed by atoms with van der Waals surface area (Å²) >= 11 is 5.99. The van der Waals surface area contributed by atoms with E-state index in [2.05, 4.69) is 5.32 Å². The summed E-state index contributed by atoms with van der Waals surface area (Å²) in [5.41, 5.74) is 2.55. The van der Waals surface area contributed by atoms with Gasteiger partial charge in [0.1, 0.15) is 5.58 Å². The van der Waals surface area contributed by atoms with Gasteiger partial charge < -0.3 is 9.73 Å².